The molecule has 2 aromatic carbocycles. The zero-order chi connectivity index (χ0) is 35.3. The summed E-state index contributed by atoms with van der Waals surface area (Å²) >= 11 is 0. The first-order valence-corrected chi connectivity index (χ1v) is 35.5. The Morgan fingerprint density at radius 3 is 1.67 bits per heavy atom. The Morgan fingerprint density at radius 2 is 1.17 bits per heavy atom. The third-order valence-corrected chi connectivity index (χ3v) is 37.7. The van der Waals surface area contributed by atoms with E-state index < -0.39 is 72.1 Å². The van der Waals surface area contributed by atoms with Crippen LogP contribution in [0.4, 0.5) is 0 Å². The van der Waals surface area contributed by atoms with E-state index in [2.05, 4.69) is 121 Å². The minimum absolute atomic E-state index is 0.214. The Kier molecular flexibility index (Phi) is 14.3. The highest BCUT2D eigenvalue weighted by atomic mass is 28.5. The van der Waals surface area contributed by atoms with Gasteiger partial charge in [0.25, 0.3) is 27.9 Å². The quantitative estimate of drug-likeness (QED) is 0.210. The Morgan fingerprint density at radius 1 is 0.667 bits per heavy atom. The smallest absolute Gasteiger partial charge is 0.351 e. The molecule has 2 fully saturated rings. The second-order valence-electron chi connectivity index (χ2n) is 13.9. The Hall–Kier alpha value is -0.385. The van der Waals surface area contributed by atoms with Crippen molar-refractivity contribution in [1.82, 2.24) is 0 Å². The molecule has 0 saturated carbocycles. The van der Waals surface area contributed by atoms with E-state index in [-0.39, 0.29) is 11.1 Å². The van der Waals surface area contributed by atoms with Crippen LogP contribution in [0, 0.1) is 0 Å². The fourth-order valence-corrected chi connectivity index (χ4v) is 38.0. The fraction of sp³-hybridized carbons (Fsp3) is 0.600. The Bertz CT molecular complexity index is 1280. The average Bonchev–Trinajstić information content (AvgIpc) is 2.96. The summed E-state index contributed by atoms with van der Waals surface area (Å²) in [6.07, 6.45) is 0.856. The Labute approximate surface area is 300 Å². The summed E-state index contributed by atoms with van der Waals surface area (Å²) in [4.78, 5) is 0. The summed E-state index contributed by atoms with van der Waals surface area (Å²) in [5, 5.41) is 0. The van der Waals surface area contributed by atoms with E-state index in [4.69, 9.17) is 42.4 Å². The molecule has 2 aromatic rings. The van der Waals surface area contributed by atoms with Crippen molar-refractivity contribution >= 4 is 72.1 Å². The molecule has 0 amide bonds. The summed E-state index contributed by atoms with van der Waals surface area (Å²) < 4.78 is 63.5. The van der Waals surface area contributed by atoms with Crippen LogP contribution in [-0.4, -0.2) is 85.3 Å². The lowest BCUT2D eigenvalue weighted by Crippen LogP contribution is -2.57. The second kappa shape index (κ2) is 17.0. The van der Waals surface area contributed by atoms with Crippen LogP contribution in [0.15, 0.2) is 48.5 Å². The fourth-order valence-electron chi connectivity index (χ4n) is 6.67. The molecule has 5 unspecified atom stereocenters. The molecule has 10 nitrogen and oxygen atoms in total. The van der Waals surface area contributed by atoms with Crippen molar-refractivity contribution in [1.29, 1.82) is 0 Å². The van der Waals surface area contributed by atoms with Crippen molar-refractivity contribution < 1.29 is 42.4 Å². The maximum atomic E-state index is 6.63. The summed E-state index contributed by atoms with van der Waals surface area (Å²) in [5.41, 5.74) is 3.00. The van der Waals surface area contributed by atoms with Crippen LogP contribution in [0.25, 0.3) is 0 Å². The van der Waals surface area contributed by atoms with Gasteiger partial charge in [-0.15, -0.1) is 0 Å². The highest BCUT2D eigenvalue weighted by molar-refractivity contribution is 6.85. The molecule has 270 valence electrons. The van der Waals surface area contributed by atoms with Gasteiger partial charge in [0, 0.05) is 12.0 Å². The highest BCUT2D eigenvalue weighted by Crippen LogP contribution is 2.37. The average molecular weight is 803 g/mol. The second-order valence-corrected chi connectivity index (χ2v) is 35.6. The first kappa shape index (κ1) is 40.4. The van der Waals surface area contributed by atoms with Crippen LogP contribution in [0.5, 0.6) is 5.75 Å². The van der Waals surface area contributed by atoms with E-state index in [0.29, 0.717) is 13.2 Å². The molecule has 4 rings (SSSR count). The lowest BCUT2D eigenvalue weighted by atomic mass is 9.78. The predicted molar refractivity (Wildman–Crippen MR) is 209 cm³/mol. The van der Waals surface area contributed by atoms with Crippen LogP contribution in [0.2, 0.25) is 65.0 Å². The standard InChI is InChI=1S/C30H58O10Si8/c1-13-31-29(48(12)39-42(5)33-41(4)34-43(6)40-48)25-15-17-26(18-16-25)30(2,3)27-19-21-28(22-20-27)32-23-14-24-47(11)37-44(7)35-46(9,10)36-45(8)38-47/h15-22,29,41-45H,13-14,23-24H2,1-12H3. The van der Waals surface area contributed by atoms with E-state index >= 15 is 0 Å². The summed E-state index contributed by atoms with van der Waals surface area (Å²) in [6.45, 7) is 26.4. The van der Waals surface area contributed by atoms with Gasteiger partial charge in [0.1, 0.15) is 11.5 Å². The highest BCUT2D eigenvalue weighted by Gasteiger charge is 2.48. The molecule has 0 spiro atoms. The zero-order valence-corrected chi connectivity index (χ0v) is 39.8. The van der Waals surface area contributed by atoms with Crippen molar-refractivity contribution in [2.24, 2.45) is 0 Å². The molecule has 0 aliphatic carbocycles. The van der Waals surface area contributed by atoms with Crippen LogP contribution in [0.1, 0.15) is 49.6 Å². The number of hydrogen-bond donors (Lipinski definition) is 0. The van der Waals surface area contributed by atoms with Crippen LogP contribution >= 0.6 is 0 Å². The molecule has 2 aliphatic heterocycles. The molecule has 2 aliphatic rings. The van der Waals surface area contributed by atoms with E-state index in [1.165, 1.54) is 11.1 Å². The van der Waals surface area contributed by atoms with Gasteiger partial charge in [-0.25, -0.2) is 0 Å². The van der Waals surface area contributed by atoms with Gasteiger partial charge in [-0.05, 0) is 107 Å². The van der Waals surface area contributed by atoms with Crippen molar-refractivity contribution in [3.63, 3.8) is 0 Å². The monoisotopic (exact) mass is 802 g/mol. The van der Waals surface area contributed by atoms with Crippen molar-refractivity contribution in [2.75, 3.05) is 13.2 Å². The molecule has 0 radical (unpaired) electrons. The summed E-state index contributed by atoms with van der Waals surface area (Å²) in [7, 11) is -16.5. The van der Waals surface area contributed by atoms with Gasteiger partial charge in [0.05, 0.1) is 6.61 Å². The third kappa shape index (κ3) is 11.1. The molecule has 5 atom stereocenters. The SMILES string of the molecule is CCOC(c1ccc(C(C)(C)c2ccc(OCCC[Si]3(C)O[SiH](C)O[Si](C)(C)O[SiH](C)O3)cc2)cc1)[Si]1(C)O[SiH](C)O[SiH](C)O[SiH](C)O1. The Balaban J connectivity index is 1.37. The molecule has 0 aromatic heterocycles. The van der Waals surface area contributed by atoms with Gasteiger partial charge in [-0.2, -0.15) is 0 Å². The maximum Gasteiger partial charge on any atom is 0.351 e. The normalized spacial score (nSPS) is 32.4. The largest absolute Gasteiger partial charge is 0.494 e. The van der Waals surface area contributed by atoms with Gasteiger partial charge in [0.15, 0.2) is 0 Å². The first-order chi connectivity index (χ1) is 22.4. The topological polar surface area (TPSA) is 92.3 Å². The van der Waals surface area contributed by atoms with Gasteiger partial charge < -0.3 is 42.4 Å². The van der Waals surface area contributed by atoms with Gasteiger partial charge >= 0.3 is 44.3 Å². The molecule has 0 N–H and O–H groups in total. The van der Waals surface area contributed by atoms with Crippen LogP contribution in [-0.2, 0) is 43.1 Å². The molecular formula is C30H58O10Si8. The number of rotatable bonds is 11. The maximum absolute atomic E-state index is 6.63. The van der Waals surface area contributed by atoms with E-state index in [1.807, 2.05) is 6.92 Å². The van der Waals surface area contributed by atoms with Crippen LogP contribution < -0.4 is 4.74 Å². The van der Waals surface area contributed by atoms with E-state index in [0.717, 1.165) is 23.8 Å². The van der Waals surface area contributed by atoms with Gasteiger partial charge in [-0.1, -0.05) is 50.2 Å². The number of ether oxygens (including phenoxy) is 2. The van der Waals surface area contributed by atoms with Crippen molar-refractivity contribution in [3.8, 4) is 5.75 Å². The minimum Gasteiger partial charge on any atom is -0.494 e. The summed E-state index contributed by atoms with van der Waals surface area (Å²) in [6, 6.07) is 18.0. The molecule has 0 bridgehead atoms. The molecule has 48 heavy (non-hydrogen) atoms. The van der Waals surface area contributed by atoms with E-state index in [1.54, 1.807) is 0 Å². The molecule has 2 saturated heterocycles. The van der Waals surface area contributed by atoms with Crippen molar-refractivity contribution in [2.45, 2.75) is 103 Å². The van der Waals surface area contributed by atoms with Gasteiger partial charge in [-0.3, -0.25) is 0 Å². The number of hydrogen-bond acceptors (Lipinski definition) is 10. The lowest BCUT2D eigenvalue weighted by molar-refractivity contribution is 0.0808. The molecule has 2 heterocycles. The van der Waals surface area contributed by atoms with Crippen molar-refractivity contribution in [3.05, 3.63) is 65.2 Å². The molecule has 18 heteroatoms. The minimum atomic E-state index is -2.80. The third-order valence-electron chi connectivity index (χ3n) is 8.66. The number of benzene rings is 2. The first-order valence-electron chi connectivity index (χ1n) is 17.3. The predicted octanol–water partition coefficient (Wildman–Crippen LogP) is 5.66. The molecular weight excluding hydrogens is 745 g/mol. The van der Waals surface area contributed by atoms with Gasteiger partial charge in [0.2, 0.25) is 0 Å². The van der Waals surface area contributed by atoms with Crippen LogP contribution in [0.3, 0.4) is 0 Å². The summed E-state index contributed by atoms with van der Waals surface area (Å²) in [5.74, 6) is 0.860. The zero-order valence-electron chi connectivity index (χ0n) is 31.0. The van der Waals surface area contributed by atoms with E-state index in [9.17, 15) is 0 Å². The lowest BCUT2D eigenvalue weighted by Gasteiger charge is -2.41.